The Bertz CT molecular complexity index is 273. The second-order valence-corrected chi connectivity index (χ2v) is 2.95. The fourth-order valence-corrected chi connectivity index (χ4v) is 1.25. The molecular formula is C8H15N5O2. The lowest BCUT2D eigenvalue weighted by molar-refractivity contribution is -0.124. The summed E-state index contributed by atoms with van der Waals surface area (Å²) >= 11 is 0. The highest BCUT2D eigenvalue weighted by Crippen LogP contribution is 1.96. The molecule has 84 valence electrons. The van der Waals surface area contributed by atoms with Crippen LogP contribution in [0.3, 0.4) is 0 Å². The zero-order valence-corrected chi connectivity index (χ0v) is 8.83. The third-order valence-electron chi connectivity index (χ3n) is 2.03. The molecule has 7 nitrogen and oxygen atoms in total. The third-order valence-corrected chi connectivity index (χ3v) is 2.03. The van der Waals surface area contributed by atoms with Crippen LogP contribution in [0.5, 0.6) is 0 Å². The first kappa shape index (κ1) is 11.3. The Balaban J connectivity index is 2.31. The van der Waals surface area contributed by atoms with Crippen molar-refractivity contribution in [2.45, 2.75) is 0 Å². The molecule has 0 atom stereocenters. The van der Waals surface area contributed by atoms with E-state index >= 15 is 0 Å². The van der Waals surface area contributed by atoms with Crippen LogP contribution >= 0.6 is 0 Å². The summed E-state index contributed by atoms with van der Waals surface area (Å²) < 4.78 is 0. The van der Waals surface area contributed by atoms with Gasteiger partial charge in [0.15, 0.2) is 5.96 Å². The number of amides is 3. The largest absolute Gasteiger partial charge is 0.359 e. The first-order valence-corrected chi connectivity index (χ1v) is 4.65. The SMILES string of the molecule is CN=C(NC)NCCN1C(=O)CNC1=O. The molecule has 3 N–H and O–H groups in total. The molecule has 1 rings (SSSR count). The Morgan fingerprint density at radius 1 is 1.60 bits per heavy atom. The Morgan fingerprint density at radius 2 is 2.33 bits per heavy atom. The molecule has 1 aliphatic heterocycles. The summed E-state index contributed by atoms with van der Waals surface area (Å²) in [4.78, 5) is 27.4. The summed E-state index contributed by atoms with van der Waals surface area (Å²) in [5.41, 5.74) is 0. The van der Waals surface area contributed by atoms with E-state index in [9.17, 15) is 9.59 Å². The van der Waals surface area contributed by atoms with E-state index in [-0.39, 0.29) is 18.5 Å². The van der Waals surface area contributed by atoms with E-state index in [1.54, 1.807) is 14.1 Å². The molecule has 15 heavy (non-hydrogen) atoms. The summed E-state index contributed by atoms with van der Waals surface area (Å²) in [5.74, 6) is 0.434. The molecule has 0 radical (unpaired) electrons. The fraction of sp³-hybridized carbons (Fsp3) is 0.625. The lowest BCUT2D eigenvalue weighted by Crippen LogP contribution is -2.42. The molecule has 0 aliphatic carbocycles. The van der Waals surface area contributed by atoms with Gasteiger partial charge in [0.2, 0.25) is 5.91 Å². The van der Waals surface area contributed by atoms with Gasteiger partial charge in [0, 0.05) is 27.2 Å². The molecule has 0 aromatic heterocycles. The number of hydrogen-bond donors (Lipinski definition) is 3. The maximum absolute atomic E-state index is 11.2. The number of nitrogens with zero attached hydrogens (tertiary/aromatic N) is 2. The van der Waals surface area contributed by atoms with Crippen LogP contribution in [0.1, 0.15) is 0 Å². The zero-order valence-electron chi connectivity index (χ0n) is 8.83. The quantitative estimate of drug-likeness (QED) is 0.297. The monoisotopic (exact) mass is 213 g/mol. The van der Waals surface area contributed by atoms with Gasteiger partial charge in [0.05, 0.1) is 6.54 Å². The van der Waals surface area contributed by atoms with Crippen molar-refractivity contribution < 1.29 is 9.59 Å². The van der Waals surface area contributed by atoms with E-state index in [0.29, 0.717) is 19.0 Å². The Hall–Kier alpha value is -1.79. The van der Waals surface area contributed by atoms with Crippen LogP contribution in [0.2, 0.25) is 0 Å². The molecule has 0 unspecified atom stereocenters. The first-order chi connectivity index (χ1) is 7.19. The average Bonchev–Trinajstić information content (AvgIpc) is 2.55. The summed E-state index contributed by atoms with van der Waals surface area (Å²) in [7, 11) is 3.38. The summed E-state index contributed by atoms with van der Waals surface area (Å²) in [6.45, 7) is 0.914. The van der Waals surface area contributed by atoms with Crippen molar-refractivity contribution in [3.05, 3.63) is 0 Å². The van der Waals surface area contributed by atoms with Crippen molar-refractivity contribution in [2.75, 3.05) is 33.7 Å². The van der Waals surface area contributed by atoms with E-state index in [0.717, 1.165) is 0 Å². The molecule has 0 aromatic rings. The molecular weight excluding hydrogens is 198 g/mol. The summed E-state index contributed by atoms with van der Waals surface area (Å²) in [5, 5.41) is 8.24. The number of rotatable bonds is 3. The third kappa shape index (κ3) is 2.83. The van der Waals surface area contributed by atoms with Gasteiger partial charge in [0.25, 0.3) is 0 Å². The van der Waals surface area contributed by atoms with Crippen molar-refractivity contribution in [1.29, 1.82) is 0 Å². The predicted octanol–water partition coefficient (Wildman–Crippen LogP) is -1.67. The molecule has 1 fully saturated rings. The highest BCUT2D eigenvalue weighted by atomic mass is 16.2. The number of guanidine groups is 1. The topological polar surface area (TPSA) is 85.8 Å². The second-order valence-electron chi connectivity index (χ2n) is 2.95. The van der Waals surface area contributed by atoms with Crippen molar-refractivity contribution in [1.82, 2.24) is 20.9 Å². The molecule has 1 saturated heterocycles. The lowest BCUT2D eigenvalue weighted by atomic mass is 10.5. The van der Waals surface area contributed by atoms with Crippen LogP contribution in [0.4, 0.5) is 4.79 Å². The summed E-state index contributed by atoms with van der Waals surface area (Å²) in [6.07, 6.45) is 0. The molecule has 3 amide bonds. The minimum Gasteiger partial charge on any atom is -0.359 e. The highest BCUT2D eigenvalue weighted by molar-refractivity contribution is 6.01. The summed E-state index contributed by atoms with van der Waals surface area (Å²) in [6, 6.07) is -0.332. The highest BCUT2D eigenvalue weighted by Gasteiger charge is 2.27. The molecule has 0 bridgehead atoms. The molecule has 0 spiro atoms. The van der Waals surface area contributed by atoms with Crippen molar-refractivity contribution in [2.24, 2.45) is 4.99 Å². The van der Waals surface area contributed by atoms with E-state index in [4.69, 9.17) is 0 Å². The van der Waals surface area contributed by atoms with Crippen molar-refractivity contribution in [3.8, 4) is 0 Å². The van der Waals surface area contributed by atoms with Crippen molar-refractivity contribution >= 4 is 17.9 Å². The number of aliphatic imine (C=N–C) groups is 1. The van der Waals surface area contributed by atoms with Gasteiger partial charge in [-0.2, -0.15) is 0 Å². The average molecular weight is 213 g/mol. The van der Waals surface area contributed by atoms with E-state index in [1.165, 1.54) is 4.90 Å². The van der Waals surface area contributed by atoms with Gasteiger partial charge in [0.1, 0.15) is 0 Å². The van der Waals surface area contributed by atoms with Gasteiger partial charge in [-0.25, -0.2) is 4.79 Å². The number of nitrogens with one attached hydrogen (secondary N) is 3. The van der Waals surface area contributed by atoms with Crippen LogP contribution in [-0.4, -0.2) is 56.5 Å². The molecule has 0 saturated carbocycles. The van der Waals surface area contributed by atoms with E-state index in [2.05, 4.69) is 20.9 Å². The van der Waals surface area contributed by atoms with Crippen LogP contribution in [0.25, 0.3) is 0 Å². The van der Waals surface area contributed by atoms with Crippen LogP contribution < -0.4 is 16.0 Å². The van der Waals surface area contributed by atoms with E-state index in [1.807, 2.05) is 0 Å². The van der Waals surface area contributed by atoms with E-state index < -0.39 is 0 Å². The number of imide groups is 1. The van der Waals surface area contributed by atoms with Crippen LogP contribution in [0, 0.1) is 0 Å². The normalized spacial score (nSPS) is 16.7. The lowest BCUT2D eigenvalue weighted by Gasteiger charge is -2.13. The molecule has 1 aliphatic rings. The van der Waals surface area contributed by atoms with Gasteiger partial charge in [-0.3, -0.25) is 14.7 Å². The number of urea groups is 1. The molecule has 7 heteroatoms. The second kappa shape index (κ2) is 5.18. The number of carbonyl (C=O) groups excluding carboxylic acids is 2. The Labute approximate surface area is 87.9 Å². The van der Waals surface area contributed by atoms with Gasteiger partial charge in [-0.05, 0) is 0 Å². The Morgan fingerprint density at radius 3 is 2.80 bits per heavy atom. The van der Waals surface area contributed by atoms with Gasteiger partial charge in [-0.15, -0.1) is 0 Å². The number of carbonyl (C=O) groups is 2. The van der Waals surface area contributed by atoms with Gasteiger partial charge >= 0.3 is 6.03 Å². The number of hydrogen-bond acceptors (Lipinski definition) is 3. The molecule has 1 heterocycles. The van der Waals surface area contributed by atoms with Crippen LogP contribution in [-0.2, 0) is 4.79 Å². The van der Waals surface area contributed by atoms with Gasteiger partial charge in [-0.1, -0.05) is 0 Å². The zero-order chi connectivity index (χ0) is 11.3. The van der Waals surface area contributed by atoms with Crippen LogP contribution in [0.15, 0.2) is 4.99 Å². The standard InChI is InChI=1S/C8H15N5O2/c1-9-7(10-2)11-3-4-13-6(14)5-12-8(13)15/h3-5H2,1-2H3,(H,12,15)(H2,9,10,11). The minimum atomic E-state index is -0.332. The Kier molecular flexibility index (Phi) is 3.90. The predicted molar refractivity (Wildman–Crippen MR) is 55.5 cm³/mol. The maximum atomic E-state index is 11.2. The smallest absolute Gasteiger partial charge is 0.324 e. The maximum Gasteiger partial charge on any atom is 0.324 e. The first-order valence-electron chi connectivity index (χ1n) is 4.65. The fourth-order valence-electron chi connectivity index (χ4n) is 1.25. The molecule has 0 aromatic carbocycles. The van der Waals surface area contributed by atoms with Gasteiger partial charge < -0.3 is 16.0 Å². The van der Waals surface area contributed by atoms with Crippen molar-refractivity contribution in [3.63, 3.8) is 0 Å². The minimum absolute atomic E-state index is 0.0968.